The van der Waals surface area contributed by atoms with Crippen LogP contribution in [0.3, 0.4) is 0 Å². The van der Waals surface area contributed by atoms with Crippen molar-refractivity contribution in [2.24, 2.45) is 0 Å². The van der Waals surface area contributed by atoms with Gasteiger partial charge in [0.25, 0.3) is 0 Å². The Morgan fingerprint density at radius 1 is 0.435 bits per heavy atom. The van der Waals surface area contributed by atoms with E-state index in [1.54, 1.807) is 0 Å². The lowest BCUT2D eigenvalue weighted by Crippen LogP contribution is -2.15. The number of fused-ring (bicyclic) bond motifs is 3. The van der Waals surface area contributed by atoms with E-state index in [0.717, 1.165) is 34.0 Å². The van der Waals surface area contributed by atoms with Crippen LogP contribution in [0.5, 0.6) is 0 Å². The van der Waals surface area contributed by atoms with Gasteiger partial charge in [-0.15, -0.1) is 0 Å². The molecule has 1 aromatic heterocycles. The maximum atomic E-state index is 4.89. The average molecular weight is 588 g/mol. The van der Waals surface area contributed by atoms with Gasteiger partial charge in [0.1, 0.15) is 0 Å². The molecule has 0 atom stereocenters. The number of rotatable bonds is 5. The number of benzene rings is 7. The second kappa shape index (κ2) is 10.8. The molecular formula is C43H29N3. The van der Waals surface area contributed by atoms with Gasteiger partial charge in [-0.2, -0.15) is 0 Å². The van der Waals surface area contributed by atoms with Crippen molar-refractivity contribution in [3.05, 3.63) is 176 Å². The summed E-state index contributed by atoms with van der Waals surface area (Å²) in [6, 6.07) is 60.6. The van der Waals surface area contributed by atoms with E-state index in [1.807, 2.05) is 24.4 Å². The third kappa shape index (κ3) is 4.33. The molecule has 3 nitrogen and oxygen atoms in total. The Balaban J connectivity index is 1.17. The summed E-state index contributed by atoms with van der Waals surface area (Å²) in [4.78, 5) is 9.58. The van der Waals surface area contributed by atoms with Gasteiger partial charge in [-0.3, -0.25) is 4.98 Å². The highest BCUT2D eigenvalue weighted by molar-refractivity contribution is 6.13. The fourth-order valence-electron chi connectivity index (χ4n) is 6.85. The number of hydrogen-bond acceptors (Lipinski definition) is 3. The molecule has 9 rings (SSSR count). The van der Waals surface area contributed by atoms with Gasteiger partial charge in [0, 0.05) is 33.6 Å². The Hall–Kier alpha value is -6.19. The van der Waals surface area contributed by atoms with Gasteiger partial charge in [0.2, 0.25) is 0 Å². The molecule has 0 radical (unpaired) electrons. The number of nitrogens with zero attached hydrogens (tertiary/aromatic N) is 3. The monoisotopic (exact) mass is 587 g/mol. The summed E-state index contributed by atoms with van der Waals surface area (Å²) < 4.78 is 0. The molecule has 0 bridgehead atoms. The number of pyridine rings is 1. The topological polar surface area (TPSA) is 19.4 Å². The van der Waals surface area contributed by atoms with Gasteiger partial charge in [0.05, 0.1) is 29.0 Å². The van der Waals surface area contributed by atoms with Crippen LogP contribution in [0.4, 0.5) is 34.1 Å². The first kappa shape index (κ1) is 26.2. The number of aromatic nitrogens is 1. The summed E-state index contributed by atoms with van der Waals surface area (Å²) in [5.41, 5.74) is 11.3. The standard InChI is InChI=1S/C43H29N3/c1-2-11-31(12-3-1)40-27-26-37(29-44-40)45(36-21-20-30-10-4-5-13-33(30)28-36)34-22-24-35(25-23-34)46-41-18-7-6-16-38(41)39-17-8-14-32-15-9-19-42(46)43(32)39/h1-29H. The Morgan fingerprint density at radius 3 is 1.91 bits per heavy atom. The molecule has 46 heavy (non-hydrogen) atoms. The van der Waals surface area contributed by atoms with Crippen LogP contribution in [0.2, 0.25) is 0 Å². The maximum absolute atomic E-state index is 4.89. The van der Waals surface area contributed by atoms with Crippen molar-refractivity contribution in [3.8, 4) is 22.4 Å². The normalized spacial score (nSPS) is 11.9. The van der Waals surface area contributed by atoms with E-state index in [2.05, 4.69) is 161 Å². The molecule has 0 saturated heterocycles. The summed E-state index contributed by atoms with van der Waals surface area (Å²) in [6.45, 7) is 0. The molecule has 0 fully saturated rings. The lowest BCUT2D eigenvalue weighted by atomic mass is 9.91. The van der Waals surface area contributed by atoms with Crippen LogP contribution < -0.4 is 9.80 Å². The molecule has 0 unspecified atom stereocenters. The van der Waals surface area contributed by atoms with E-state index in [-0.39, 0.29) is 0 Å². The van der Waals surface area contributed by atoms with Crippen molar-refractivity contribution in [1.29, 1.82) is 0 Å². The molecule has 0 spiro atoms. The first-order valence-corrected chi connectivity index (χ1v) is 15.6. The molecule has 3 heteroatoms. The van der Waals surface area contributed by atoms with E-state index in [1.165, 1.54) is 44.0 Å². The third-order valence-electron chi connectivity index (χ3n) is 8.99. The van der Waals surface area contributed by atoms with Crippen LogP contribution in [-0.4, -0.2) is 4.98 Å². The fraction of sp³-hybridized carbons (Fsp3) is 0. The van der Waals surface area contributed by atoms with Crippen LogP contribution in [0.25, 0.3) is 43.9 Å². The molecule has 8 aromatic rings. The lowest BCUT2D eigenvalue weighted by Gasteiger charge is -2.34. The first-order valence-electron chi connectivity index (χ1n) is 15.6. The zero-order valence-corrected chi connectivity index (χ0v) is 25.1. The third-order valence-corrected chi connectivity index (χ3v) is 8.99. The smallest absolute Gasteiger partial charge is 0.0703 e. The van der Waals surface area contributed by atoms with Crippen molar-refractivity contribution in [1.82, 2.24) is 4.98 Å². The molecule has 0 saturated carbocycles. The number of hydrogen-bond donors (Lipinski definition) is 0. The molecule has 0 aliphatic carbocycles. The first-order chi connectivity index (χ1) is 22.8. The van der Waals surface area contributed by atoms with Crippen molar-refractivity contribution in [3.63, 3.8) is 0 Å². The van der Waals surface area contributed by atoms with Crippen LogP contribution in [0.15, 0.2) is 176 Å². The van der Waals surface area contributed by atoms with E-state index in [9.17, 15) is 0 Å². The molecule has 2 heterocycles. The van der Waals surface area contributed by atoms with E-state index in [4.69, 9.17) is 4.98 Å². The minimum Gasteiger partial charge on any atom is -0.309 e. The second-order valence-corrected chi connectivity index (χ2v) is 11.7. The summed E-state index contributed by atoms with van der Waals surface area (Å²) in [5.74, 6) is 0. The Bertz CT molecular complexity index is 2360. The largest absolute Gasteiger partial charge is 0.309 e. The van der Waals surface area contributed by atoms with Crippen LogP contribution >= 0.6 is 0 Å². The Morgan fingerprint density at radius 2 is 1.09 bits per heavy atom. The van der Waals surface area contributed by atoms with Gasteiger partial charge in [-0.05, 0) is 82.4 Å². The fourth-order valence-corrected chi connectivity index (χ4v) is 6.85. The maximum Gasteiger partial charge on any atom is 0.0703 e. The summed E-state index contributed by atoms with van der Waals surface area (Å²) >= 11 is 0. The van der Waals surface area contributed by atoms with E-state index < -0.39 is 0 Å². The number of para-hydroxylation sites is 1. The van der Waals surface area contributed by atoms with Crippen LogP contribution in [0, 0.1) is 0 Å². The highest BCUT2D eigenvalue weighted by Crippen LogP contribution is 2.51. The molecular weight excluding hydrogens is 558 g/mol. The van der Waals surface area contributed by atoms with Crippen molar-refractivity contribution < 1.29 is 0 Å². The Kier molecular flexibility index (Phi) is 6.14. The quantitative estimate of drug-likeness (QED) is 0.200. The van der Waals surface area contributed by atoms with Gasteiger partial charge in [0.15, 0.2) is 0 Å². The molecule has 0 amide bonds. The predicted molar refractivity (Wildman–Crippen MR) is 193 cm³/mol. The SMILES string of the molecule is c1ccc(-c2ccc(N(c3ccc(N4c5ccccc5-c5cccc6cccc4c56)cc3)c3ccc4ccccc4c3)cn2)cc1. The molecule has 216 valence electrons. The highest BCUT2D eigenvalue weighted by atomic mass is 15.2. The molecule has 1 aliphatic heterocycles. The Labute approximate surface area is 268 Å². The van der Waals surface area contributed by atoms with Gasteiger partial charge in [-0.25, -0.2) is 0 Å². The summed E-state index contributed by atoms with van der Waals surface area (Å²) in [5, 5.41) is 4.96. The molecule has 7 aromatic carbocycles. The average Bonchev–Trinajstić information content (AvgIpc) is 3.13. The second-order valence-electron chi connectivity index (χ2n) is 11.7. The van der Waals surface area contributed by atoms with Gasteiger partial charge in [-0.1, -0.05) is 109 Å². The van der Waals surface area contributed by atoms with Crippen molar-refractivity contribution in [2.75, 3.05) is 9.80 Å². The lowest BCUT2D eigenvalue weighted by molar-refractivity contribution is 1.23. The van der Waals surface area contributed by atoms with Crippen molar-refractivity contribution in [2.45, 2.75) is 0 Å². The van der Waals surface area contributed by atoms with E-state index in [0.29, 0.717) is 0 Å². The van der Waals surface area contributed by atoms with Crippen LogP contribution in [0.1, 0.15) is 0 Å². The molecule has 0 N–H and O–H groups in total. The molecule has 1 aliphatic rings. The minimum atomic E-state index is 0.955. The van der Waals surface area contributed by atoms with Crippen LogP contribution in [-0.2, 0) is 0 Å². The van der Waals surface area contributed by atoms with Crippen molar-refractivity contribution >= 4 is 55.7 Å². The van der Waals surface area contributed by atoms with Gasteiger partial charge < -0.3 is 9.80 Å². The number of anilines is 6. The summed E-state index contributed by atoms with van der Waals surface area (Å²) in [6.07, 6.45) is 1.98. The van der Waals surface area contributed by atoms with Gasteiger partial charge >= 0.3 is 0 Å². The minimum absolute atomic E-state index is 0.955. The zero-order valence-electron chi connectivity index (χ0n) is 25.1. The highest BCUT2D eigenvalue weighted by Gasteiger charge is 2.25. The predicted octanol–water partition coefficient (Wildman–Crippen LogP) is 12.0. The van der Waals surface area contributed by atoms with E-state index >= 15 is 0 Å². The summed E-state index contributed by atoms with van der Waals surface area (Å²) in [7, 11) is 0. The zero-order chi connectivity index (χ0) is 30.5.